The second-order valence-corrected chi connectivity index (χ2v) is 9.19. The molecular formula is C28H25N3O7. The number of non-ortho nitro benzene ring substituents is 1. The topological polar surface area (TPSA) is 123 Å². The minimum Gasteiger partial charge on any atom is -0.459 e. The van der Waals surface area contributed by atoms with Crippen LogP contribution in [0.5, 0.6) is 0 Å². The number of nitrogens with zero attached hydrogens (tertiary/aromatic N) is 3. The van der Waals surface area contributed by atoms with E-state index in [1.807, 2.05) is 38.1 Å². The van der Waals surface area contributed by atoms with Crippen LogP contribution in [0, 0.1) is 24.0 Å². The van der Waals surface area contributed by atoms with Crippen molar-refractivity contribution in [3.8, 4) is 0 Å². The molecule has 0 unspecified atom stereocenters. The van der Waals surface area contributed by atoms with Gasteiger partial charge in [0.1, 0.15) is 30.6 Å². The summed E-state index contributed by atoms with van der Waals surface area (Å²) in [5, 5.41) is 11.7. The summed E-state index contributed by atoms with van der Waals surface area (Å²) >= 11 is 0. The van der Waals surface area contributed by atoms with Gasteiger partial charge in [-0.2, -0.15) is 0 Å². The van der Waals surface area contributed by atoms with Crippen molar-refractivity contribution in [2.45, 2.75) is 38.7 Å². The summed E-state index contributed by atoms with van der Waals surface area (Å²) < 4.78 is 19.0. The summed E-state index contributed by atoms with van der Waals surface area (Å²) in [7, 11) is 0. The molecule has 4 aromatic rings. The van der Waals surface area contributed by atoms with Crippen LogP contribution in [0.1, 0.15) is 44.5 Å². The number of nitro groups is 1. The van der Waals surface area contributed by atoms with Gasteiger partial charge in [0.05, 0.1) is 27.9 Å². The van der Waals surface area contributed by atoms with Gasteiger partial charge in [0.25, 0.3) is 5.69 Å². The summed E-state index contributed by atoms with van der Waals surface area (Å²) in [5.74, 6) is -1.08. The van der Waals surface area contributed by atoms with E-state index >= 15 is 0 Å². The highest BCUT2D eigenvalue weighted by Gasteiger charge is 2.41. The predicted octanol–water partition coefficient (Wildman–Crippen LogP) is 4.93. The predicted molar refractivity (Wildman–Crippen MR) is 137 cm³/mol. The van der Waals surface area contributed by atoms with Crippen LogP contribution in [0.3, 0.4) is 0 Å². The van der Waals surface area contributed by atoms with Crippen molar-refractivity contribution in [3.05, 3.63) is 105 Å². The highest BCUT2D eigenvalue weighted by Crippen LogP contribution is 2.36. The van der Waals surface area contributed by atoms with E-state index in [1.165, 1.54) is 12.4 Å². The molecule has 0 saturated carbocycles. The highest BCUT2D eigenvalue weighted by molar-refractivity contribution is 5.90. The van der Waals surface area contributed by atoms with Crippen molar-refractivity contribution in [1.82, 2.24) is 9.55 Å². The monoisotopic (exact) mass is 515 g/mol. The SMILES string of the molecule is Cc1ccc(C(=O)OC[C@H]2O[C@@H](n3cnc4cccc([N+](=O)[O-])c43)C[C@@H]2OC(=O)c2ccc(C)cc2)cc1. The zero-order valence-corrected chi connectivity index (χ0v) is 20.8. The minimum absolute atomic E-state index is 0.119. The Hall–Kier alpha value is -4.57. The Labute approximate surface area is 217 Å². The molecule has 0 aliphatic carbocycles. The first-order chi connectivity index (χ1) is 18.3. The minimum atomic E-state index is -0.802. The molecule has 1 saturated heterocycles. The second kappa shape index (κ2) is 10.4. The Morgan fingerprint density at radius 1 is 1.00 bits per heavy atom. The maximum absolute atomic E-state index is 12.9. The van der Waals surface area contributed by atoms with Crippen molar-refractivity contribution >= 4 is 28.7 Å². The molecule has 0 spiro atoms. The molecule has 5 rings (SSSR count). The zero-order chi connectivity index (χ0) is 26.8. The number of benzene rings is 3. The number of para-hydroxylation sites is 1. The first kappa shape index (κ1) is 25.1. The fourth-order valence-corrected chi connectivity index (χ4v) is 4.41. The number of esters is 2. The van der Waals surface area contributed by atoms with Gasteiger partial charge in [0.15, 0.2) is 0 Å². The summed E-state index contributed by atoms with van der Waals surface area (Å²) in [6, 6.07) is 18.5. The Balaban J connectivity index is 1.39. The van der Waals surface area contributed by atoms with E-state index in [0.29, 0.717) is 22.2 Å². The molecule has 2 heterocycles. The standard InChI is InChI=1S/C28H25N3O7/c1-17-6-10-19(11-7-17)27(32)36-15-24-23(38-28(33)20-12-8-18(2)9-13-20)14-25(37-24)30-16-29-21-4-3-5-22(26(21)30)31(34)35/h3-13,16,23-25H,14-15H2,1-2H3/t23-,24+,25+/m0/s1. The van der Waals surface area contributed by atoms with Gasteiger partial charge in [-0.15, -0.1) is 0 Å². The van der Waals surface area contributed by atoms with E-state index in [1.54, 1.807) is 41.0 Å². The average molecular weight is 516 g/mol. The highest BCUT2D eigenvalue weighted by atomic mass is 16.6. The van der Waals surface area contributed by atoms with E-state index < -0.39 is 35.3 Å². The lowest BCUT2D eigenvalue weighted by Gasteiger charge is -2.19. The van der Waals surface area contributed by atoms with Gasteiger partial charge < -0.3 is 14.2 Å². The van der Waals surface area contributed by atoms with Crippen LogP contribution in [0.15, 0.2) is 73.1 Å². The van der Waals surface area contributed by atoms with Gasteiger partial charge in [0, 0.05) is 12.5 Å². The van der Waals surface area contributed by atoms with Gasteiger partial charge in [-0.3, -0.25) is 14.7 Å². The lowest BCUT2D eigenvalue weighted by Crippen LogP contribution is -2.32. The van der Waals surface area contributed by atoms with Crippen LogP contribution < -0.4 is 0 Å². The third-order valence-corrected chi connectivity index (χ3v) is 6.47. The lowest BCUT2D eigenvalue weighted by molar-refractivity contribution is -0.383. The molecule has 194 valence electrons. The van der Waals surface area contributed by atoms with E-state index in [4.69, 9.17) is 14.2 Å². The molecule has 0 N–H and O–H groups in total. The number of imidazole rings is 1. The molecule has 0 amide bonds. The Kier molecular flexibility index (Phi) is 6.89. The van der Waals surface area contributed by atoms with Crippen LogP contribution in [-0.2, 0) is 14.2 Å². The number of carbonyl (C=O) groups excluding carboxylic acids is 2. The van der Waals surface area contributed by atoms with Gasteiger partial charge in [0.2, 0.25) is 0 Å². The largest absolute Gasteiger partial charge is 0.459 e. The number of aryl methyl sites for hydroxylation is 2. The smallest absolute Gasteiger partial charge is 0.338 e. The van der Waals surface area contributed by atoms with Crippen molar-refractivity contribution in [3.63, 3.8) is 0 Å². The number of hydrogen-bond donors (Lipinski definition) is 0. The van der Waals surface area contributed by atoms with Crippen molar-refractivity contribution in [2.24, 2.45) is 0 Å². The summed E-state index contributed by atoms with van der Waals surface area (Å²) in [4.78, 5) is 41.0. The molecule has 3 aromatic carbocycles. The number of ether oxygens (including phenoxy) is 3. The molecule has 10 nitrogen and oxygen atoms in total. The van der Waals surface area contributed by atoms with Gasteiger partial charge in [-0.25, -0.2) is 14.6 Å². The molecule has 0 bridgehead atoms. The molecule has 1 aliphatic heterocycles. The molecule has 1 aromatic heterocycles. The molecule has 1 fully saturated rings. The number of fused-ring (bicyclic) bond motifs is 1. The molecule has 38 heavy (non-hydrogen) atoms. The van der Waals surface area contributed by atoms with Crippen LogP contribution in [0.2, 0.25) is 0 Å². The quantitative estimate of drug-likeness (QED) is 0.193. The van der Waals surface area contributed by atoms with Crippen LogP contribution in [0.4, 0.5) is 5.69 Å². The maximum atomic E-state index is 12.9. The molecule has 3 atom stereocenters. The van der Waals surface area contributed by atoms with E-state index in [-0.39, 0.29) is 18.7 Å². The maximum Gasteiger partial charge on any atom is 0.338 e. The summed E-state index contributed by atoms with van der Waals surface area (Å²) in [6.07, 6.45) is -0.673. The average Bonchev–Trinajstić information content (AvgIpc) is 3.51. The second-order valence-electron chi connectivity index (χ2n) is 9.19. The van der Waals surface area contributed by atoms with Crippen molar-refractivity contribution in [1.29, 1.82) is 0 Å². The fourth-order valence-electron chi connectivity index (χ4n) is 4.41. The number of aromatic nitrogens is 2. The molecule has 1 aliphatic rings. The Morgan fingerprint density at radius 3 is 2.26 bits per heavy atom. The number of nitro benzene ring substituents is 1. The fraction of sp³-hybridized carbons (Fsp3) is 0.250. The van der Waals surface area contributed by atoms with Gasteiger partial charge in [-0.05, 0) is 44.2 Å². The first-order valence-electron chi connectivity index (χ1n) is 12.1. The van der Waals surface area contributed by atoms with Crippen molar-refractivity contribution < 1.29 is 28.7 Å². The van der Waals surface area contributed by atoms with Gasteiger partial charge in [-0.1, -0.05) is 41.5 Å². The number of rotatable bonds is 7. The first-order valence-corrected chi connectivity index (χ1v) is 12.1. The lowest BCUT2D eigenvalue weighted by atomic mass is 10.1. The van der Waals surface area contributed by atoms with Gasteiger partial charge >= 0.3 is 11.9 Å². The summed E-state index contributed by atoms with van der Waals surface area (Å²) in [6.45, 7) is 3.65. The van der Waals surface area contributed by atoms with E-state index in [9.17, 15) is 19.7 Å². The third-order valence-electron chi connectivity index (χ3n) is 6.47. The third kappa shape index (κ3) is 5.12. The normalized spacial score (nSPS) is 18.8. The molecular weight excluding hydrogens is 490 g/mol. The van der Waals surface area contributed by atoms with E-state index in [2.05, 4.69) is 4.98 Å². The number of hydrogen-bond acceptors (Lipinski definition) is 8. The number of carbonyl (C=O) groups is 2. The summed E-state index contributed by atoms with van der Waals surface area (Å²) in [5.41, 5.74) is 3.38. The van der Waals surface area contributed by atoms with Crippen LogP contribution in [-0.4, -0.2) is 45.2 Å². The van der Waals surface area contributed by atoms with Crippen LogP contribution in [0.25, 0.3) is 11.0 Å². The molecule has 0 radical (unpaired) electrons. The Morgan fingerprint density at radius 2 is 1.63 bits per heavy atom. The Bertz CT molecular complexity index is 1500. The van der Waals surface area contributed by atoms with Crippen molar-refractivity contribution in [2.75, 3.05) is 6.61 Å². The zero-order valence-electron chi connectivity index (χ0n) is 20.8. The molecule has 10 heteroatoms. The van der Waals surface area contributed by atoms with Crippen LogP contribution >= 0.6 is 0 Å². The van der Waals surface area contributed by atoms with E-state index in [0.717, 1.165) is 11.1 Å².